The summed E-state index contributed by atoms with van der Waals surface area (Å²) in [4.78, 5) is 0. The molecular weight excluding hydrogens is 254 g/mol. The number of halogens is 1. The molecule has 0 unspecified atom stereocenters. The molecule has 0 atom stereocenters. The van der Waals surface area contributed by atoms with Crippen LogP contribution in [0.4, 0.5) is 4.39 Å². The predicted molar refractivity (Wildman–Crippen MR) is 51.1 cm³/mol. The van der Waals surface area contributed by atoms with Gasteiger partial charge in [-0.3, -0.25) is 0 Å². The Labute approximate surface area is 108 Å². The molecule has 14 heavy (non-hydrogen) atoms. The number of benzene rings is 1. The fraction of sp³-hybridized carbons (Fsp3) is 0.273. The van der Waals surface area contributed by atoms with E-state index in [9.17, 15) is 4.39 Å². The second-order valence-corrected chi connectivity index (χ2v) is 3.40. The van der Waals surface area contributed by atoms with Crippen molar-refractivity contribution in [2.75, 3.05) is 0 Å². The van der Waals surface area contributed by atoms with Gasteiger partial charge in [0.2, 0.25) is 0 Å². The third kappa shape index (κ3) is 1.91. The van der Waals surface area contributed by atoms with Gasteiger partial charge in [-0.05, 0) is 25.6 Å². The van der Waals surface area contributed by atoms with Gasteiger partial charge in [0.05, 0.1) is 5.82 Å². The summed E-state index contributed by atoms with van der Waals surface area (Å²) in [6.07, 6.45) is 1.90. The summed E-state index contributed by atoms with van der Waals surface area (Å²) < 4.78 is 15.3. The van der Waals surface area contributed by atoms with Crippen LogP contribution in [0, 0.1) is 11.9 Å². The minimum Gasteiger partial charge on any atom is -0.391 e. The molecule has 0 aliphatic heterocycles. The Hall–Kier alpha value is -0.206. The van der Waals surface area contributed by atoms with E-state index in [0.717, 1.165) is 5.39 Å². The van der Waals surface area contributed by atoms with Gasteiger partial charge in [0.25, 0.3) is 0 Å². The quantitative estimate of drug-likeness (QED) is 0.698. The number of hydrogen-bond acceptors (Lipinski definition) is 0. The molecule has 71 valence electrons. The average molecular weight is 265 g/mol. The fourth-order valence-corrected chi connectivity index (χ4v) is 1.53. The van der Waals surface area contributed by atoms with Gasteiger partial charge in [0.1, 0.15) is 0 Å². The summed E-state index contributed by atoms with van der Waals surface area (Å²) in [5.74, 6) is -0.174. The summed E-state index contributed by atoms with van der Waals surface area (Å²) in [6, 6.07) is 8.23. The van der Waals surface area contributed by atoms with Gasteiger partial charge in [0.15, 0.2) is 0 Å². The van der Waals surface area contributed by atoms with Crippen LogP contribution in [-0.2, 0) is 32.7 Å². The van der Waals surface area contributed by atoms with E-state index in [2.05, 4.69) is 6.07 Å². The molecular formula is C11H11FNY-. The van der Waals surface area contributed by atoms with Gasteiger partial charge < -0.3 is 4.57 Å². The van der Waals surface area contributed by atoms with Gasteiger partial charge in [-0.1, -0.05) is 0 Å². The van der Waals surface area contributed by atoms with Crippen LogP contribution >= 0.6 is 0 Å². The van der Waals surface area contributed by atoms with Gasteiger partial charge in [0, 0.05) is 38.8 Å². The first-order chi connectivity index (χ1) is 6.20. The Bertz CT molecular complexity index is 434. The van der Waals surface area contributed by atoms with Gasteiger partial charge in [-0.15, -0.1) is 29.7 Å². The zero-order chi connectivity index (χ0) is 9.42. The van der Waals surface area contributed by atoms with Crippen LogP contribution in [0.3, 0.4) is 0 Å². The van der Waals surface area contributed by atoms with Crippen LogP contribution in [0.2, 0.25) is 0 Å². The molecule has 0 fully saturated rings. The Balaban J connectivity index is 0.000000980. The maximum absolute atomic E-state index is 13.4. The van der Waals surface area contributed by atoms with Crippen molar-refractivity contribution in [3.8, 4) is 0 Å². The summed E-state index contributed by atoms with van der Waals surface area (Å²) in [5, 5.41) is 0.841. The number of aromatic nitrogens is 1. The van der Waals surface area contributed by atoms with Crippen molar-refractivity contribution >= 4 is 10.9 Å². The van der Waals surface area contributed by atoms with Crippen molar-refractivity contribution in [3.05, 3.63) is 36.3 Å². The normalized spacial score (nSPS) is 10.6. The molecule has 0 saturated heterocycles. The van der Waals surface area contributed by atoms with E-state index in [1.807, 2.05) is 30.7 Å². The first-order valence-electron chi connectivity index (χ1n) is 4.37. The largest absolute Gasteiger partial charge is 0.391 e. The Morgan fingerprint density at radius 3 is 2.71 bits per heavy atom. The molecule has 0 amide bonds. The first-order valence-corrected chi connectivity index (χ1v) is 4.37. The monoisotopic (exact) mass is 265 g/mol. The minimum absolute atomic E-state index is 0. The van der Waals surface area contributed by atoms with Gasteiger partial charge in [-0.25, -0.2) is 4.39 Å². The smallest absolute Gasteiger partial charge is 0.0648 e. The van der Waals surface area contributed by atoms with E-state index in [-0.39, 0.29) is 44.6 Å². The van der Waals surface area contributed by atoms with Gasteiger partial charge in [-0.2, -0.15) is 0 Å². The average Bonchev–Trinajstić information content (AvgIpc) is 2.49. The molecule has 1 radical (unpaired) electrons. The molecule has 3 heteroatoms. The maximum atomic E-state index is 13.4. The molecule has 1 heterocycles. The van der Waals surface area contributed by atoms with Crippen LogP contribution in [0.25, 0.3) is 10.9 Å². The fourth-order valence-electron chi connectivity index (χ4n) is 1.53. The molecule has 0 aliphatic carbocycles. The predicted octanol–water partition coefficient (Wildman–Crippen LogP) is 3.16. The minimum atomic E-state index is -0.174. The van der Waals surface area contributed by atoms with Gasteiger partial charge >= 0.3 is 0 Å². The number of nitrogens with zero attached hydrogens (tertiary/aromatic N) is 1. The third-order valence-electron chi connectivity index (χ3n) is 2.17. The van der Waals surface area contributed by atoms with Crippen LogP contribution in [0.15, 0.2) is 24.4 Å². The standard InChI is InChI=1S/C11H11FN.Y/c1-8(2)13-7-6-9-4-3-5-10(12)11(9)13;/h3,5-8H,1-2H3;/q-1;. The van der Waals surface area contributed by atoms with E-state index in [4.69, 9.17) is 0 Å². The summed E-state index contributed by atoms with van der Waals surface area (Å²) in [7, 11) is 0. The van der Waals surface area contributed by atoms with Crippen molar-refractivity contribution in [1.29, 1.82) is 0 Å². The molecule has 0 aliphatic rings. The van der Waals surface area contributed by atoms with Crippen molar-refractivity contribution in [3.63, 3.8) is 0 Å². The van der Waals surface area contributed by atoms with Crippen LogP contribution in [0.5, 0.6) is 0 Å². The zero-order valence-electron chi connectivity index (χ0n) is 8.29. The van der Waals surface area contributed by atoms with Crippen molar-refractivity contribution < 1.29 is 37.1 Å². The SMILES string of the molecule is CC(C)n1ccc2[c-]ccc(F)c21.[Y]. The maximum Gasteiger partial charge on any atom is 0.0648 e. The van der Waals surface area contributed by atoms with E-state index in [0.29, 0.717) is 5.52 Å². The second kappa shape index (κ2) is 4.54. The molecule has 2 aromatic rings. The molecule has 1 nitrogen and oxygen atoms in total. The number of rotatable bonds is 1. The molecule has 1 aromatic heterocycles. The summed E-state index contributed by atoms with van der Waals surface area (Å²) in [5.41, 5.74) is 0.650. The topological polar surface area (TPSA) is 4.93 Å². The molecule has 0 spiro atoms. The van der Waals surface area contributed by atoms with Crippen LogP contribution in [0.1, 0.15) is 19.9 Å². The summed E-state index contributed by atoms with van der Waals surface area (Å²) >= 11 is 0. The number of hydrogen-bond donors (Lipinski definition) is 0. The Morgan fingerprint density at radius 1 is 1.36 bits per heavy atom. The van der Waals surface area contributed by atoms with Crippen LogP contribution in [-0.4, -0.2) is 4.57 Å². The summed E-state index contributed by atoms with van der Waals surface area (Å²) in [6.45, 7) is 4.07. The van der Waals surface area contributed by atoms with E-state index < -0.39 is 0 Å². The van der Waals surface area contributed by atoms with E-state index in [1.54, 1.807) is 6.07 Å². The molecule has 0 saturated carbocycles. The van der Waals surface area contributed by atoms with Crippen molar-refractivity contribution in [2.45, 2.75) is 19.9 Å². The van der Waals surface area contributed by atoms with E-state index in [1.165, 1.54) is 6.07 Å². The van der Waals surface area contributed by atoms with Crippen molar-refractivity contribution in [1.82, 2.24) is 4.57 Å². The third-order valence-corrected chi connectivity index (χ3v) is 2.17. The Morgan fingerprint density at radius 2 is 2.07 bits per heavy atom. The molecule has 2 rings (SSSR count). The number of fused-ring (bicyclic) bond motifs is 1. The van der Waals surface area contributed by atoms with Crippen LogP contribution < -0.4 is 0 Å². The van der Waals surface area contributed by atoms with E-state index >= 15 is 0 Å². The van der Waals surface area contributed by atoms with Crippen molar-refractivity contribution in [2.24, 2.45) is 0 Å². The molecule has 1 aromatic carbocycles. The molecule has 0 N–H and O–H groups in total. The zero-order valence-corrected chi connectivity index (χ0v) is 11.1. The first kappa shape index (κ1) is 11.9. The Kier molecular flexibility index (Phi) is 3.85. The molecule has 0 bridgehead atoms. The second-order valence-electron chi connectivity index (χ2n) is 3.40.